The maximum Gasteiger partial charge on any atom is 0.410 e. The van der Waals surface area contributed by atoms with Gasteiger partial charge in [0.05, 0.1) is 5.69 Å². The first-order chi connectivity index (χ1) is 12.8. The summed E-state index contributed by atoms with van der Waals surface area (Å²) in [6.07, 6.45) is 7.90. The average molecular weight is 377 g/mol. The van der Waals surface area contributed by atoms with Crippen LogP contribution in [0.25, 0.3) is 0 Å². The molecule has 0 aromatic carbocycles. The fraction of sp³-hybridized carbons (Fsp3) is 0.750. The third-order valence-corrected chi connectivity index (χ3v) is 5.23. The summed E-state index contributed by atoms with van der Waals surface area (Å²) in [7, 11) is 0. The first-order valence-electron chi connectivity index (χ1n) is 10.1. The van der Waals surface area contributed by atoms with Crippen LogP contribution in [0.5, 0.6) is 0 Å². The van der Waals surface area contributed by atoms with E-state index in [9.17, 15) is 9.59 Å². The van der Waals surface area contributed by atoms with E-state index in [0.717, 1.165) is 31.4 Å². The van der Waals surface area contributed by atoms with Gasteiger partial charge in [0.1, 0.15) is 11.6 Å². The van der Waals surface area contributed by atoms with Crippen molar-refractivity contribution >= 4 is 17.9 Å². The van der Waals surface area contributed by atoms with Crippen LogP contribution in [0.1, 0.15) is 83.7 Å². The molecule has 2 aliphatic rings. The molecule has 1 saturated heterocycles. The lowest BCUT2D eigenvalue weighted by atomic mass is 9.87. The van der Waals surface area contributed by atoms with Crippen LogP contribution in [0.4, 0.5) is 10.7 Å². The molecular weight excluding hydrogens is 346 g/mol. The Hall–Kier alpha value is -2.05. The molecule has 1 aromatic rings. The first-order valence-corrected chi connectivity index (χ1v) is 10.1. The van der Waals surface area contributed by atoms with Gasteiger partial charge in [-0.2, -0.15) is 0 Å². The molecule has 3 rings (SSSR count). The Bertz CT molecular complexity index is 658. The van der Waals surface area contributed by atoms with Gasteiger partial charge in [0.25, 0.3) is 0 Å². The topological polar surface area (TPSA) is 84.7 Å². The summed E-state index contributed by atoms with van der Waals surface area (Å²) in [4.78, 5) is 26.8. The number of amides is 2. The second kappa shape index (κ2) is 8.31. The minimum Gasteiger partial charge on any atom is -0.444 e. The molecule has 150 valence electrons. The number of hydrogen-bond acceptors (Lipinski definition) is 5. The lowest BCUT2D eigenvalue weighted by Crippen LogP contribution is -2.51. The number of piperidine rings is 1. The summed E-state index contributed by atoms with van der Waals surface area (Å²) in [6.45, 7) is 6.00. The SMILES string of the molecule is CC(C)(C)OC(=O)N1CCCC[C@H]1C(=O)Nc1cc(C2CCCCC2)no1. The summed E-state index contributed by atoms with van der Waals surface area (Å²) in [6, 6.07) is 1.28. The Kier molecular flexibility index (Phi) is 6.07. The van der Waals surface area contributed by atoms with Crippen molar-refractivity contribution in [2.24, 2.45) is 0 Å². The zero-order chi connectivity index (χ0) is 19.4. The Labute approximate surface area is 160 Å². The molecule has 1 N–H and O–H groups in total. The Morgan fingerprint density at radius 2 is 1.85 bits per heavy atom. The van der Waals surface area contributed by atoms with Gasteiger partial charge in [-0.05, 0) is 52.9 Å². The Morgan fingerprint density at radius 3 is 2.56 bits per heavy atom. The highest BCUT2D eigenvalue weighted by Gasteiger charge is 2.35. The van der Waals surface area contributed by atoms with Crippen molar-refractivity contribution in [1.82, 2.24) is 10.1 Å². The van der Waals surface area contributed by atoms with Crippen molar-refractivity contribution < 1.29 is 18.8 Å². The highest BCUT2D eigenvalue weighted by atomic mass is 16.6. The van der Waals surface area contributed by atoms with Gasteiger partial charge in [0, 0.05) is 18.5 Å². The average Bonchev–Trinajstić information content (AvgIpc) is 3.09. The molecule has 0 radical (unpaired) electrons. The van der Waals surface area contributed by atoms with Gasteiger partial charge in [0.15, 0.2) is 0 Å². The van der Waals surface area contributed by atoms with E-state index in [2.05, 4.69) is 10.5 Å². The highest BCUT2D eigenvalue weighted by molar-refractivity contribution is 5.95. The van der Waals surface area contributed by atoms with Crippen molar-refractivity contribution in [3.8, 4) is 0 Å². The molecule has 0 spiro atoms. The predicted molar refractivity (Wildman–Crippen MR) is 102 cm³/mol. The molecule has 7 nitrogen and oxygen atoms in total. The fourth-order valence-electron chi connectivity index (χ4n) is 3.89. The number of likely N-dealkylation sites (tertiary alicyclic amines) is 1. The van der Waals surface area contributed by atoms with E-state index in [4.69, 9.17) is 9.26 Å². The molecule has 2 amide bonds. The van der Waals surface area contributed by atoms with E-state index in [1.807, 2.05) is 26.8 Å². The second-order valence-corrected chi connectivity index (χ2v) is 8.63. The Balaban J connectivity index is 1.63. The zero-order valence-electron chi connectivity index (χ0n) is 16.6. The summed E-state index contributed by atoms with van der Waals surface area (Å²) >= 11 is 0. The standard InChI is InChI=1S/C20H31N3O4/c1-20(2,3)26-19(25)23-12-8-7-11-16(23)18(24)21-17-13-15(22-27-17)14-9-5-4-6-10-14/h13-14,16H,4-12H2,1-3H3,(H,21,24)/t16-/m0/s1. The lowest BCUT2D eigenvalue weighted by molar-refractivity contribution is -0.122. The summed E-state index contributed by atoms with van der Waals surface area (Å²) in [5.74, 6) is 0.531. The van der Waals surface area contributed by atoms with Crippen LogP contribution in [0.3, 0.4) is 0 Å². The van der Waals surface area contributed by atoms with Gasteiger partial charge in [-0.25, -0.2) is 4.79 Å². The van der Waals surface area contributed by atoms with Gasteiger partial charge in [-0.15, -0.1) is 0 Å². The van der Waals surface area contributed by atoms with E-state index < -0.39 is 17.7 Å². The molecule has 1 atom stereocenters. The Morgan fingerprint density at radius 1 is 1.15 bits per heavy atom. The minimum atomic E-state index is -0.588. The lowest BCUT2D eigenvalue weighted by Gasteiger charge is -2.35. The molecule has 0 bridgehead atoms. The fourth-order valence-corrected chi connectivity index (χ4v) is 3.89. The summed E-state index contributed by atoms with van der Waals surface area (Å²) in [5, 5.41) is 6.95. The molecule has 7 heteroatoms. The van der Waals surface area contributed by atoms with Gasteiger partial charge < -0.3 is 9.26 Å². The molecule has 2 heterocycles. The van der Waals surface area contributed by atoms with Crippen molar-refractivity contribution in [3.63, 3.8) is 0 Å². The van der Waals surface area contributed by atoms with E-state index in [0.29, 0.717) is 24.8 Å². The van der Waals surface area contributed by atoms with Crippen molar-refractivity contribution in [3.05, 3.63) is 11.8 Å². The van der Waals surface area contributed by atoms with E-state index >= 15 is 0 Å². The van der Waals surface area contributed by atoms with Gasteiger partial charge in [-0.1, -0.05) is 24.4 Å². The molecule has 2 fully saturated rings. The largest absolute Gasteiger partial charge is 0.444 e. The maximum absolute atomic E-state index is 12.8. The number of nitrogens with one attached hydrogen (secondary N) is 1. The third-order valence-electron chi connectivity index (χ3n) is 5.23. The smallest absolute Gasteiger partial charge is 0.410 e. The number of ether oxygens (including phenoxy) is 1. The van der Waals surface area contributed by atoms with Crippen molar-refractivity contribution in [1.29, 1.82) is 0 Å². The number of nitrogens with zero attached hydrogens (tertiary/aromatic N) is 2. The first kappa shape index (κ1) is 19.7. The number of carbonyl (C=O) groups excluding carboxylic acids is 2. The van der Waals surface area contributed by atoms with Gasteiger partial charge in [0.2, 0.25) is 11.8 Å². The molecule has 1 aliphatic carbocycles. The summed E-state index contributed by atoms with van der Waals surface area (Å²) in [5.41, 5.74) is 0.327. The van der Waals surface area contributed by atoms with Crippen LogP contribution < -0.4 is 5.32 Å². The molecular formula is C20H31N3O4. The molecule has 1 aromatic heterocycles. The van der Waals surface area contributed by atoms with Gasteiger partial charge >= 0.3 is 6.09 Å². The minimum absolute atomic E-state index is 0.244. The molecule has 0 unspecified atom stereocenters. The second-order valence-electron chi connectivity index (χ2n) is 8.63. The summed E-state index contributed by atoms with van der Waals surface area (Å²) < 4.78 is 10.8. The maximum atomic E-state index is 12.8. The van der Waals surface area contributed by atoms with E-state index in [1.54, 1.807) is 0 Å². The van der Waals surface area contributed by atoms with Gasteiger partial charge in [-0.3, -0.25) is 15.0 Å². The monoisotopic (exact) mass is 377 g/mol. The molecule has 1 saturated carbocycles. The normalized spacial score (nSPS) is 21.7. The number of hydrogen-bond donors (Lipinski definition) is 1. The molecule has 27 heavy (non-hydrogen) atoms. The zero-order valence-corrected chi connectivity index (χ0v) is 16.6. The highest BCUT2D eigenvalue weighted by Crippen LogP contribution is 2.33. The van der Waals surface area contributed by atoms with Crippen LogP contribution in [0.15, 0.2) is 10.6 Å². The van der Waals surface area contributed by atoms with E-state index in [-0.39, 0.29) is 5.91 Å². The quantitative estimate of drug-likeness (QED) is 0.841. The number of rotatable bonds is 3. The predicted octanol–water partition coefficient (Wildman–Crippen LogP) is 4.45. The third kappa shape index (κ3) is 5.23. The van der Waals surface area contributed by atoms with Crippen LogP contribution in [0, 0.1) is 0 Å². The van der Waals surface area contributed by atoms with Crippen LogP contribution >= 0.6 is 0 Å². The number of carbonyl (C=O) groups is 2. The van der Waals surface area contributed by atoms with Crippen LogP contribution in [-0.4, -0.2) is 40.2 Å². The van der Waals surface area contributed by atoms with Crippen LogP contribution in [0.2, 0.25) is 0 Å². The van der Waals surface area contributed by atoms with E-state index in [1.165, 1.54) is 24.2 Å². The van der Waals surface area contributed by atoms with Crippen molar-refractivity contribution in [2.75, 3.05) is 11.9 Å². The van der Waals surface area contributed by atoms with Crippen LogP contribution in [-0.2, 0) is 9.53 Å². The molecule has 1 aliphatic heterocycles. The number of anilines is 1. The van der Waals surface area contributed by atoms with Crippen molar-refractivity contribution in [2.45, 2.75) is 89.7 Å². The number of aromatic nitrogens is 1.